The van der Waals surface area contributed by atoms with Crippen LogP contribution < -0.4 is 10.1 Å². The Balaban J connectivity index is 1.68. The van der Waals surface area contributed by atoms with E-state index in [0.717, 1.165) is 35.5 Å². The molecule has 1 N–H and O–H groups in total. The van der Waals surface area contributed by atoms with Gasteiger partial charge in [-0.1, -0.05) is 60.7 Å². The number of halogens is 1. The maximum absolute atomic E-state index is 13.3. The van der Waals surface area contributed by atoms with Gasteiger partial charge < -0.3 is 14.8 Å². The Hall–Kier alpha value is -2.69. The molecule has 0 amide bonds. The highest BCUT2D eigenvalue weighted by molar-refractivity contribution is 5.70. The first kappa shape index (κ1) is 17.7. The van der Waals surface area contributed by atoms with Crippen LogP contribution in [0.5, 0.6) is 5.75 Å². The van der Waals surface area contributed by atoms with Gasteiger partial charge in [0.05, 0.1) is 6.61 Å². The molecule has 1 aliphatic heterocycles. The topological polar surface area (TPSA) is 30.5 Å². The smallest absolute Gasteiger partial charge is 0.151 e. The second kappa shape index (κ2) is 8.33. The maximum Gasteiger partial charge on any atom is 0.151 e. The fourth-order valence-corrected chi connectivity index (χ4v) is 3.36. The van der Waals surface area contributed by atoms with Crippen molar-refractivity contribution in [2.24, 2.45) is 0 Å². The predicted octanol–water partition coefficient (Wildman–Crippen LogP) is 4.60. The van der Waals surface area contributed by atoms with E-state index in [-0.39, 0.29) is 18.0 Å². The number of hydrogen-bond acceptors (Lipinski definition) is 3. The van der Waals surface area contributed by atoms with Crippen LogP contribution in [0.3, 0.4) is 0 Å². The summed E-state index contributed by atoms with van der Waals surface area (Å²) in [4.78, 5) is 0. The van der Waals surface area contributed by atoms with Crippen molar-refractivity contribution in [1.29, 1.82) is 0 Å². The molecule has 0 aromatic heterocycles. The van der Waals surface area contributed by atoms with Gasteiger partial charge in [0.1, 0.15) is 17.7 Å². The number of morpholine rings is 1. The van der Waals surface area contributed by atoms with E-state index in [2.05, 4.69) is 17.4 Å². The number of para-hydroxylation sites is 1. The first-order valence-corrected chi connectivity index (χ1v) is 9.20. The fraction of sp³-hybridized carbons (Fsp3) is 0.217. The molecule has 0 spiro atoms. The summed E-state index contributed by atoms with van der Waals surface area (Å²) in [6.07, 6.45) is -0.317. The molecule has 0 radical (unpaired) electrons. The number of rotatable bonds is 5. The van der Waals surface area contributed by atoms with Gasteiger partial charge in [-0.05, 0) is 29.3 Å². The minimum Gasteiger partial charge on any atom is -0.482 e. The van der Waals surface area contributed by atoms with Gasteiger partial charge in [-0.2, -0.15) is 0 Å². The summed E-state index contributed by atoms with van der Waals surface area (Å²) >= 11 is 0. The zero-order valence-corrected chi connectivity index (χ0v) is 15.0. The molecule has 138 valence electrons. The third-order valence-corrected chi connectivity index (χ3v) is 4.72. The van der Waals surface area contributed by atoms with Gasteiger partial charge >= 0.3 is 0 Å². The van der Waals surface area contributed by atoms with E-state index in [1.807, 2.05) is 42.5 Å². The van der Waals surface area contributed by atoms with E-state index < -0.39 is 0 Å². The van der Waals surface area contributed by atoms with Crippen molar-refractivity contribution in [1.82, 2.24) is 5.32 Å². The van der Waals surface area contributed by atoms with Crippen LogP contribution in [-0.4, -0.2) is 25.8 Å². The standard InChI is InChI=1S/C23H22FNO2/c24-19-12-10-17(11-13-19)20-8-4-5-9-21(20)27-23(18-6-2-1-3-7-18)22-16-25-14-15-26-22/h1-13,22-23,25H,14-16H2/t22?,23-/m0/s1. The van der Waals surface area contributed by atoms with Crippen LogP contribution in [0, 0.1) is 5.82 Å². The Labute approximate surface area is 158 Å². The lowest BCUT2D eigenvalue weighted by molar-refractivity contribution is -0.0430. The monoisotopic (exact) mass is 363 g/mol. The summed E-state index contributed by atoms with van der Waals surface area (Å²) in [5.74, 6) is 0.508. The van der Waals surface area contributed by atoms with Crippen LogP contribution in [0.4, 0.5) is 4.39 Å². The molecule has 1 aliphatic rings. The number of nitrogens with one attached hydrogen (secondary N) is 1. The molecule has 0 saturated carbocycles. The van der Waals surface area contributed by atoms with Crippen LogP contribution in [0.25, 0.3) is 11.1 Å². The number of benzene rings is 3. The summed E-state index contributed by atoms with van der Waals surface area (Å²) in [7, 11) is 0. The van der Waals surface area contributed by atoms with E-state index in [4.69, 9.17) is 9.47 Å². The summed E-state index contributed by atoms with van der Waals surface area (Å²) in [5.41, 5.74) is 2.92. The average Bonchev–Trinajstić information content (AvgIpc) is 2.74. The molecule has 4 heteroatoms. The second-order valence-corrected chi connectivity index (χ2v) is 6.57. The first-order valence-electron chi connectivity index (χ1n) is 9.20. The van der Waals surface area contributed by atoms with Crippen molar-refractivity contribution in [3.8, 4) is 16.9 Å². The molecule has 0 bridgehead atoms. The molecule has 2 atom stereocenters. The Morgan fingerprint density at radius 1 is 0.926 bits per heavy atom. The highest BCUT2D eigenvalue weighted by Gasteiger charge is 2.28. The highest BCUT2D eigenvalue weighted by atomic mass is 19.1. The first-order chi connectivity index (χ1) is 13.3. The zero-order valence-electron chi connectivity index (χ0n) is 15.0. The largest absolute Gasteiger partial charge is 0.482 e. The quantitative estimate of drug-likeness (QED) is 0.719. The van der Waals surface area contributed by atoms with Crippen molar-refractivity contribution < 1.29 is 13.9 Å². The lowest BCUT2D eigenvalue weighted by atomic mass is 10.0. The molecule has 3 nitrogen and oxygen atoms in total. The maximum atomic E-state index is 13.3. The van der Waals surface area contributed by atoms with Gasteiger partial charge in [0.2, 0.25) is 0 Å². The molecule has 1 fully saturated rings. The third-order valence-electron chi connectivity index (χ3n) is 4.72. The fourth-order valence-electron chi connectivity index (χ4n) is 3.36. The molecule has 4 rings (SSSR count). The average molecular weight is 363 g/mol. The molecule has 3 aromatic carbocycles. The Morgan fingerprint density at radius 3 is 2.41 bits per heavy atom. The molecule has 1 heterocycles. The van der Waals surface area contributed by atoms with Crippen molar-refractivity contribution in [3.63, 3.8) is 0 Å². The van der Waals surface area contributed by atoms with Crippen molar-refractivity contribution in [3.05, 3.63) is 90.2 Å². The SMILES string of the molecule is Fc1ccc(-c2ccccc2O[C@@H](c2ccccc2)C2CNCCO2)cc1. The molecule has 1 saturated heterocycles. The van der Waals surface area contributed by atoms with E-state index in [9.17, 15) is 4.39 Å². The van der Waals surface area contributed by atoms with Crippen LogP contribution in [0.15, 0.2) is 78.9 Å². The number of ether oxygens (including phenoxy) is 2. The zero-order chi connectivity index (χ0) is 18.5. The minimum atomic E-state index is -0.249. The van der Waals surface area contributed by atoms with Gasteiger partial charge in [0.25, 0.3) is 0 Å². The second-order valence-electron chi connectivity index (χ2n) is 6.57. The third kappa shape index (κ3) is 4.18. The van der Waals surface area contributed by atoms with E-state index >= 15 is 0 Å². The van der Waals surface area contributed by atoms with E-state index in [0.29, 0.717) is 6.61 Å². The van der Waals surface area contributed by atoms with Crippen LogP contribution >= 0.6 is 0 Å². The molecule has 0 aliphatic carbocycles. The molecular weight excluding hydrogens is 341 g/mol. The summed E-state index contributed by atoms with van der Waals surface area (Å²) in [6.45, 7) is 2.25. The Morgan fingerprint density at radius 2 is 1.67 bits per heavy atom. The van der Waals surface area contributed by atoms with Gasteiger partial charge in [0, 0.05) is 18.7 Å². The van der Waals surface area contributed by atoms with E-state index in [1.54, 1.807) is 12.1 Å². The molecule has 3 aromatic rings. The van der Waals surface area contributed by atoms with Crippen molar-refractivity contribution >= 4 is 0 Å². The number of hydrogen-bond donors (Lipinski definition) is 1. The molecule has 27 heavy (non-hydrogen) atoms. The minimum absolute atomic E-state index is 0.0811. The lowest BCUT2D eigenvalue weighted by Crippen LogP contribution is -2.43. The van der Waals surface area contributed by atoms with Crippen LogP contribution in [-0.2, 0) is 4.74 Å². The lowest BCUT2D eigenvalue weighted by Gasteiger charge is -2.32. The van der Waals surface area contributed by atoms with Crippen LogP contribution in [0.2, 0.25) is 0 Å². The van der Waals surface area contributed by atoms with Crippen LogP contribution in [0.1, 0.15) is 11.7 Å². The Bertz CT molecular complexity index is 861. The molecular formula is C23H22FNO2. The van der Waals surface area contributed by atoms with Gasteiger partial charge in [0.15, 0.2) is 6.10 Å². The van der Waals surface area contributed by atoms with Crippen molar-refractivity contribution in [2.45, 2.75) is 12.2 Å². The van der Waals surface area contributed by atoms with Crippen molar-refractivity contribution in [2.75, 3.05) is 19.7 Å². The molecule has 1 unspecified atom stereocenters. The summed E-state index contributed by atoms with van der Waals surface area (Å²) in [6, 6.07) is 24.5. The predicted molar refractivity (Wildman–Crippen MR) is 104 cm³/mol. The normalized spacial score (nSPS) is 18.0. The highest BCUT2D eigenvalue weighted by Crippen LogP contribution is 2.35. The summed E-state index contributed by atoms with van der Waals surface area (Å²) in [5, 5.41) is 3.38. The van der Waals surface area contributed by atoms with E-state index in [1.165, 1.54) is 12.1 Å². The van der Waals surface area contributed by atoms with Gasteiger partial charge in [-0.15, -0.1) is 0 Å². The van der Waals surface area contributed by atoms with Gasteiger partial charge in [-0.3, -0.25) is 0 Å². The van der Waals surface area contributed by atoms with Gasteiger partial charge in [-0.25, -0.2) is 4.39 Å². The Kier molecular flexibility index (Phi) is 5.47. The summed E-state index contributed by atoms with van der Waals surface area (Å²) < 4.78 is 25.8.